The van der Waals surface area contributed by atoms with Crippen LogP contribution in [0.5, 0.6) is 0 Å². The lowest BCUT2D eigenvalue weighted by atomic mass is 10.1. The number of nitrogens with two attached hydrogens (primary N) is 1. The number of hydrogen-bond acceptors (Lipinski definition) is 2. The van der Waals surface area contributed by atoms with Gasteiger partial charge in [0.1, 0.15) is 5.84 Å². The van der Waals surface area contributed by atoms with Gasteiger partial charge in [-0.05, 0) is 31.5 Å². The predicted octanol–water partition coefficient (Wildman–Crippen LogP) is 2.86. The zero-order valence-corrected chi connectivity index (χ0v) is 10.7. The number of amidine groups is 1. The van der Waals surface area contributed by atoms with Crippen LogP contribution in [0.2, 0.25) is 5.02 Å². The van der Waals surface area contributed by atoms with Crippen LogP contribution in [0, 0.1) is 5.41 Å². The maximum absolute atomic E-state index is 7.34. The quantitative estimate of drug-likeness (QED) is 0.627. The zero-order valence-electron chi connectivity index (χ0n) is 9.92. The van der Waals surface area contributed by atoms with Gasteiger partial charge in [-0.1, -0.05) is 18.5 Å². The van der Waals surface area contributed by atoms with Gasteiger partial charge in [0.15, 0.2) is 0 Å². The molecule has 0 aliphatic heterocycles. The molecule has 0 amide bonds. The van der Waals surface area contributed by atoms with Gasteiger partial charge in [-0.3, -0.25) is 5.41 Å². The van der Waals surface area contributed by atoms with Crippen molar-refractivity contribution in [3.63, 3.8) is 0 Å². The van der Waals surface area contributed by atoms with Gasteiger partial charge in [0.05, 0.1) is 10.7 Å². The molecule has 0 aromatic heterocycles. The van der Waals surface area contributed by atoms with Gasteiger partial charge < -0.3 is 10.6 Å². The molecule has 0 fully saturated rings. The first kappa shape index (κ1) is 12.8. The molecule has 0 spiro atoms. The molecule has 1 unspecified atom stereocenters. The van der Waals surface area contributed by atoms with E-state index in [0.717, 1.165) is 12.1 Å². The molecular formula is C12H18ClN3. The summed E-state index contributed by atoms with van der Waals surface area (Å²) in [6.07, 6.45) is 1.06. The van der Waals surface area contributed by atoms with E-state index in [4.69, 9.17) is 22.7 Å². The summed E-state index contributed by atoms with van der Waals surface area (Å²) < 4.78 is 0. The van der Waals surface area contributed by atoms with Crippen molar-refractivity contribution < 1.29 is 0 Å². The predicted molar refractivity (Wildman–Crippen MR) is 70.6 cm³/mol. The van der Waals surface area contributed by atoms with Gasteiger partial charge in [0.2, 0.25) is 0 Å². The Morgan fingerprint density at radius 2 is 2.19 bits per heavy atom. The van der Waals surface area contributed by atoms with Gasteiger partial charge in [-0.2, -0.15) is 0 Å². The van der Waals surface area contributed by atoms with Crippen molar-refractivity contribution in [2.24, 2.45) is 5.73 Å². The molecule has 1 rings (SSSR count). The minimum Gasteiger partial charge on any atom is -0.384 e. The average molecular weight is 240 g/mol. The molecule has 0 aliphatic carbocycles. The van der Waals surface area contributed by atoms with E-state index in [1.807, 2.05) is 19.2 Å². The van der Waals surface area contributed by atoms with E-state index in [1.54, 1.807) is 6.07 Å². The fraction of sp³-hybridized carbons (Fsp3) is 0.417. The van der Waals surface area contributed by atoms with Crippen molar-refractivity contribution in [1.29, 1.82) is 5.41 Å². The van der Waals surface area contributed by atoms with Crippen LogP contribution in [0.25, 0.3) is 0 Å². The number of nitrogen functional groups attached to an aromatic ring is 1. The Kier molecular flexibility index (Phi) is 4.19. The number of hydrogen-bond donors (Lipinski definition) is 2. The molecule has 3 N–H and O–H groups in total. The third kappa shape index (κ3) is 2.67. The smallest absolute Gasteiger partial charge is 0.122 e. The normalized spacial score (nSPS) is 12.2. The lowest BCUT2D eigenvalue weighted by molar-refractivity contribution is 0.664. The number of halogens is 1. The van der Waals surface area contributed by atoms with E-state index >= 15 is 0 Å². The zero-order chi connectivity index (χ0) is 12.3. The Morgan fingerprint density at radius 3 is 2.62 bits per heavy atom. The van der Waals surface area contributed by atoms with Crippen LogP contribution >= 0.6 is 11.6 Å². The average Bonchev–Trinajstić information content (AvgIpc) is 2.26. The van der Waals surface area contributed by atoms with Crippen molar-refractivity contribution in [1.82, 2.24) is 0 Å². The molecule has 4 heteroatoms. The Balaban J connectivity index is 3.03. The van der Waals surface area contributed by atoms with Crippen molar-refractivity contribution in [3.05, 3.63) is 28.8 Å². The third-order valence-corrected chi connectivity index (χ3v) is 3.19. The molecule has 1 atom stereocenters. The van der Waals surface area contributed by atoms with E-state index in [9.17, 15) is 0 Å². The molecule has 0 heterocycles. The summed E-state index contributed by atoms with van der Waals surface area (Å²) in [6.45, 7) is 4.29. The molecular weight excluding hydrogens is 222 g/mol. The van der Waals surface area contributed by atoms with Gasteiger partial charge >= 0.3 is 0 Å². The van der Waals surface area contributed by atoms with E-state index in [0.29, 0.717) is 16.6 Å². The van der Waals surface area contributed by atoms with Crippen LogP contribution in [0.3, 0.4) is 0 Å². The summed E-state index contributed by atoms with van der Waals surface area (Å²) in [4.78, 5) is 2.13. The molecule has 0 bridgehead atoms. The van der Waals surface area contributed by atoms with Crippen LogP contribution in [0.15, 0.2) is 18.2 Å². The monoisotopic (exact) mass is 239 g/mol. The van der Waals surface area contributed by atoms with Gasteiger partial charge in [0, 0.05) is 18.7 Å². The van der Waals surface area contributed by atoms with E-state index in [-0.39, 0.29) is 5.84 Å². The summed E-state index contributed by atoms with van der Waals surface area (Å²) in [5, 5.41) is 7.97. The van der Waals surface area contributed by atoms with Crippen LogP contribution < -0.4 is 10.6 Å². The SMILES string of the molecule is CCC(C)N(C)c1ccc(C(=N)N)cc1Cl. The first-order chi connectivity index (χ1) is 7.47. The molecule has 1 aromatic rings. The van der Waals surface area contributed by atoms with Crippen LogP contribution in [0.1, 0.15) is 25.8 Å². The second-order valence-electron chi connectivity index (χ2n) is 3.95. The van der Waals surface area contributed by atoms with Gasteiger partial charge in [-0.15, -0.1) is 0 Å². The highest BCUT2D eigenvalue weighted by Crippen LogP contribution is 2.27. The number of benzene rings is 1. The number of anilines is 1. The standard InChI is InChI=1S/C12H18ClN3/c1-4-8(2)16(3)11-6-5-9(12(14)15)7-10(11)13/h5-8H,4H2,1-3H3,(H3,14,15). The fourth-order valence-electron chi connectivity index (χ4n) is 1.47. The first-order valence-electron chi connectivity index (χ1n) is 5.34. The highest BCUT2D eigenvalue weighted by atomic mass is 35.5. The van der Waals surface area contributed by atoms with Gasteiger partial charge in [-0.25, -0.2) is 0 Å². The van der Waals surface area contributed by atoms with Crippen molar-refractivity contribution >= 4 is 23.1 Å². The summed E-state index contributed by atoms with van der Waals surface area (Å²) in [6, 6.07) is 5.90. The Labute approximate surface area is 102 Å². The Bertz CT molecular complexity index is 390. The molecule has 88 valence electrons. The summed E-state index contributed by atoms with van der Waals surface area (Å²) in [5.41, 5.74) is 7.04. The number of nitrogens with one attached hydrogen (secondary N) is 1. The highest BCUT2D eigenvalue weighted by molar-refractivity contribution is 6.33. The maximum atomic E-state index is 7.34. The topological polar surface area (TPSA) is 53.1 Å². The van der Waals surface area contributed by atoms with E-state index in [1.165, 1.54) is 0 Å². The van der Waals surface area contributed by atoms with Crippen LogP contribution in [-0.2, 0) is 0 Å². The maximum Gasteiger partial charge on any atom is 0.122 e. The first-order valence-corrected chi connectivity index (χ1v) is 5.72. The summed E-state index contributed by atoms with van der Waals surface area (Å²) in [7, 11) is 2.02. The van der Waals surface area contributed by atoms with Crippen molar-refractivity contribution in [2.45, 2.75) is 26.3 Å². The largest absolute Gasteiger partial charge is 0.384 e. The number of rotatable bonds is 4. The second kappa shape index (κ2) is 5.21. The molecule has 16 heavy (non-hydrogen) atoms. The minimum atomic E-state index is 0.0413. The lowest BCUT2D eigenvalue weighted by Crippen LogP contribution is -2.28. The van der Waals surface area contributed by atoms with Crippen molar-refractivity contribution in [3.8, 4) is 0 Å². The number of nitrogens with zero attached hydrogens (tertiary/aromatic N) is 1. The van der Waals surface area contributed by atoms with Crippen LogP contribution in [-0.4, -0.2) is 18.9 Å². The molecule has 0 radical (unpaired) electrons. The second-order valence-corrected chi connectivity index (χ2v) is 4.36. The Hall–Kier alpha value is -1.22. The molecule has 0 aliphatic rings. The molecule has 3 nitrogen and oxygen atoms in total. The van der Waals surface area contributed by atoms with Gasteiger partial charge in [0.25, 0.3) is 0 Å². The minimum absolute atomic E-state index is 0.0413. The summed E-state index contributed by atoms with van der Waals surface area (Å²) in [5.74, 6) is 0.0413. The molecule has 0 saturated heterocycles. The van der Waals surface area contributed by atoms with E-state index < -0.39 is 0 Å². The Morgan fingerprint density at radius 1 is 1.56 bits per heavy atom. The summed E-state index contributed by atoms with van der Waals surface area (Å²) >= 11 is 6.18. The fourth-order valence-corrected chi connectivity index (χ4v) is 1.79. The molecule has 0 saturated carbocycles. The third-order valence-electron chi connectivity index (χ3n) is 2.89. The van der Waals surface area contributed by atoms with Crippen LogP contribution in [0.4, 0.5) is 5.69 Å². The lowest BCUT2D eigenvalue weighted by Gasteiger charge is -2.27. The van der Waals surface area contributed by atoms with Crippen molar-refractivity contribution in [2.75, 3.05) is 11.9 Å². The highest BCUT2D eigenvalue weighted by Gasteiger charge is 2.12. The van der Waals surface area contributed by atoms with E-state index in [2.05, 4.69) is 18.7 Å². The molecule has 1 aromatic carbocycles.